The average molecular weight is 294 g/mol. The Morgan fingerprint density at radius 2 is 1.90 bits per heavy atom. The van der Waals surface area contributed by atoms with Crippen LogP contribution in [-0.2, 0) is 6.42 Å². The molecule has 2 nitrogen and oxygen atoms in total. The van der Waals surface area contributed by atoms with Gasteiger partial charge in [0.1, 0.15) is 0 Å². The highest BCUT2D eigenvalue weighted by molar-refractivity contribution is 7.17. The molecule has 3 heteroatoms. The van der Waals surface area contributed by atoms with Gasteiger partial charge in [-0.25, -0.2) is 0 Å². The molecule has 0 saturated heterocycles. The van der Waals surface area contributed by atoms with Crippen LogP contribution in [0, 0.1) is 0 Å². The Labute approximate surface area is 128 Å². The zero-order valence-corrected chi connectivity index (χ0v) is 12.6. The summed E-state index contributed by atoms with van der Waals surface area (Å²) in [5.41, 5.74) is 10.3. The normalized spacial score (nSPS) is 15.4. The van der Waals surface area contributed by atoms with Crippen LogP contribution in [0.3, 0.4) is 0 Å². The smallest absolute Gasteiger partial charge is 0.0679 e. The minimum Gasteiger partial charge on any atom is -0.363 e. The van der Waals surface area contributed by atoms with Crippen molar-refractivity contribution in [2.45, 2.75) is 12.5 Å². The summed E-state index contributed by atoms with van der Waals surface area (Å²) in [4.78, 5) is 2.48. The van der Waals surface area contributed by atoms with E-state index in [4.69, 9.17) is 5.73 Å². The molecule has 2 N–H and O–H groups in total. The maximum atomic E-state index is 6.15. The number of hydrogen-bond acceptors (Lipinski definition) is 3. The van der Waals surface area contributed by atoms with Crippen molar-refractivity contribution in [3.8, 4) is 0 Å². The highest BCUT2D eigenvalue weighted by atomic mass is 32.1. The first kappa shape index (κ1) is 12.9. The number of anilines is 1. The fourth-order valence-electron chi connectivity index (χ4n) is 3.37. The van der Waals surface area contributed by atoms with Crippen LogP contribution in [0.2, 0.25) is 0 Å². The van der Waals surface area contributed by atoms with Crippen molar-refractivity contribution in [3.05, 3.63) is 65.0 Å². The molecule has 106 valence electrons. The molecule has 0 spiro atoms. The van der Waals surface area contributed by atoms with E-state index in [0.717, 1.165) is 13.0 Å². The lowest BCUT2D eigenvalue weighted by atomic mass is 10.0. The van der Waals surface area contributed by atoms with E-state index in [9.17, 15) is 0 Å². The zero-order chi connectivity index (χ0) is 14.2. The summed E-state index contributed by atoms with van der Waals surface area (Å²) in [6, 6.07) is 17.6. The number of nitrogens with zero attached hydrogens (tertiary/aromatic N) is 1. The van der Waals surface area contributed by atoms with Crippen molar-refractivity contribution in [2.75, 3.05) is 18.0 Å². The summed E-state index contributed by atoms with van der Waals surface area (Å²) in [6.07, 6.45) is 1.12. The van der Waals surface area contributed by atoms with Gasteiger partial charge in [-0.05, 0) is 40.4 Å². The number of nitrogens with two attached hydrogens (primary N) is 1. The summed E-state index contributed by atoms with van der Waals surface area (Å²) in [7, 11) is 0. The van der Waals surface area contributed by atoms with Gasteiger partial charge in [-0.2, -0.15) is 0 Å². The molecule has 1 unspecified atom stereocenters. The number of rotatable bonds is 3. The average Bonchev–Trinajstić information content (AvgIpc) is 3.14. The molecular formula is C18H18N2S. The molecule has 1 aromatic heterocycles. The molecule has 1 atom stereocenters. The lowest BCUT2D eigenvalue weighted by molar-refractivity contribution is 0.655. The molecule has 4 rings (SSSR count). The monoisotopic (exact) mass is 294 g/mol. The van der Waals surface area contributed by atoms with Crippen molar-refractivity contribution < 1.29 is 0 Å². The maximum Gasteiger partial charge on any atom is 0.0679 e. The van der Waals surface area contributed by atoms with Crippen LogP contribution in [-0.4, -0.2) is 13.1 Å². The van der Waals surface area contributed by atoms with Gasteiger partial charge in [-0.1, -0.05) is 36.4 Å². The molecule has 2 aromatic carbocycles. The van der Waals surface area contributed by atoms with Crippen LogP contribution in [0.4, 0.5) is 5.69 Å². The van der Waals surface area contributed by atoms with Crippen molar-refractivity contribution in [3.63, 3.8) is 0 Å². The van der Waals surface area contributed by atoms with Crippen molar-refractivity contribution in [1.29, 1.82) is 0 Å². The number of hydrogen-bond donors (Lipinski definition) is 1. The Balaban J connectivity index is 1.79. The van der Waals surface area contributed by atoms with Crippen LogP contribution in [0.15, 0.2) is 53.9 Å². The Bertz CT molecular complexity index is 777. The van der Waals surface area contributed by atoms with E-state index in [1.165, 1.54) is 26.9 Å². The molecule has 0 fully saturated rings. The van der Waals surface area contributed by atoms with E-state index >= 15 is 0 Å². The van der Waals surface area contributed by atoms with Crippen LogP contribution in [0.1, 0.15) is 17.2 Å². The largest absolute Gasteiger partial charge is 0.363 e. The van der Waals surface area contributed by atoms with Gasteiger partial charge >= 0.3 is 0 Å². The van der Waals surface area contributed by atoms with Crippen molar-refractivity contribution >= 4 is 27.1 Å². The fourth-order valence-corrected chi connectivity index (χ4v) is 4.37. The molecule has 0 radical (unpaired) electrons. The lowest BCUT2D eigenvalue weighted by Gasteiger charge is -2.29. The minimum absolute atomic E-state index is 0.268. The molecule has 3 aromatic rings. The molecule has 0 saturated carbocycles. The zero-order valence-electron chi connectivity index (χ0n) is 11.8. The predicted molar refractivity (Wildman–Crippen MR) is 91.1 cm³/mol. The molecule has 0 aliphatic carbocycles. The Morgan fingerprint density at radius 3 is 2.81 bits per heavy atom. The SMILES string of the molecule is NCC(c1csc2ccccc12)N1CCc2ccccc21. The third kappa shape index (κ3) is 2.04. The summed E-state index contributed by atoms with van der Waals surface area (Å²) in [6.45, 7) is 1.71. The van der Waals surface area contributed by atoms with E-state index in [2.05, 4.69) is 58.8 Å². The molecule has 2 heterocycles. The van der Waals surface area contributed by atoms with Crippen LogP contribution >= 0.6 is 11.3 Å². The Morgan fingerprint density at radius 1 is 1.10 bits per heavy atom. The second-order valence-electron chi connectivity index (χ2n) is 5.51. The molecule has 0 amide bonds. The topological polar surface area (TPSA) is 29.3 Å². The number of thiophene rings is 1. The third-order valence-corrected chi connectivity index (χ3v) is 5.37. The lowest BCUT2D eigenvalue weighted by Crippen LogP contribution is -2.32. The van der Waals surface area contributed by atoms with Gasteiger partial charge in [0.2, 0.25) is 0 Å². The first-order chi connectivity index (χ1) is 10.4. The summed E-state index contributed by atoms with van der Waals surface area (Å²) in [5, 5.41) is 3.63. The van der Waals surface area contributed by atoms with Gasteiger partial charge in [0, 0.05) is 23.5 Å². The Hall–Kier alpha value is -1.84. The number of benzene rings is 2. The molecule has 1 aliphatic heterocycles. The first-order valence-corrected chi connectivity index (χ1v) is 8.27. The molecule has 21 heavy (non-hydrogen) atoms. The standard InChI is InChI=1S/C18H18N2S/c19-11-17(15-12-21-18-8-4-2-6-14(15)18)20-10-9-13-5-1-3-7-16(13)20/h1-8,12,17H,9-11,19H2. The highest BCUT2D eigenvalue weighted by Gasteiger charge is 2.27. The van der Waals surface area contributed by atoms with Gasteiger partial charge < -0.3 is 10.6 Å². The van der Waals surface area contributed by atoms with Gasteiger partial charge in [-0.15, -0.1) is 11.3 Å². The van der Waals surface area contributed by atoms with Crippen LogP contribution < -0.4 is 10.6 Å². The minimum atomic E-state index is 0.268. The first-order valence-electron chi connectivity index (χ1n) is 7.39. The van der Waals surface area contributed by atoms with Gasteiger partial charge in [0.15, 0.2) is 0 Å². The summed E-state index contributed by atoms with van der Waals surface area (Å²) >= 11 is 1.82. The van der Waals surface area contributed by atoms with Gasteiger partial charge in [-0.3, -0.25) is 0 Å². The molecule has 0 bridgehead atoms. The number of fused-ring (bicyclic) bond motifs is 2. The summed E-state index contributed by atoms with van der Waals surface area (Å²) < 4.78 is 1.35. The van der Waals surface area contributed by atoms with Gasteiger partial charge in [0.05, 0.1) is 6.04 Å². The van der Waals surface area contributed by atoms with Gasteiger partial charge in [0.25, 0.3) is 0 Å². The van der Waals surface area contributed by atoms with E-state index < -0.39 is 0 Å². The predicted octanol–water partition coefficient (Wildman–Crippen LogP) is 3.96. The van der Waals surface area contributed by atoms with Crippen molar-refractivity contribution in [2.24, 2.45) is 5.73 Å². The third-order valence-electron chi connectivity index (χ3n) is 4.39. The number of para-hydroxylation sites is 1. The molecular weight excluding hydrogens is 276 g/mol. The summed E-state index contributed by atoms with van der Waals surface area (Å²) in [5.74, 6) is 0. The quantitative estimate of drug-likeness (QED) is 0.792. The highest BCUT2D eigenvalue weighted by Crippen LogP contribution is 2.38. The second-order valence-corrected chi connectivity index (χ2v) is 6.42. The van der Waals surface area contributed by atoms with E-state index in [-0.39, 0.29) is 6.04 Å². The van der Waals surface area contributed by atoms with Crippen LogP contribution in [0.5, 0.6) is 0 Å². The molecule has 1 aliphatic rings. The van der Waals surface area contributed by atoms with E-state index in [0.29, 0.717) is 6.54 Å². The van der Waals surface area contributed by atoms with Crippen LogP contribution in [0.25, 0.3) is 10.1 Å². The van der Waals surface area contributed by atoms with E-state index in [1.54, 1.807) is 0 Å². The second kappa shape index (κ2) is 5.17. The fraction of sp³-hybridized carbons (Fsp3) is 0.222. The van der Waals surface area contributed by atoms with E-state index in [1.807, 2.05) is 11.3 Å². The van der Waals surface area contributed by atoms with Crippen molar-refractivity contribution in [1.82, 2.24) is 0 Å². The maximum absolute atomic E-state index is 6.15. The Kier molecular flexibility index (Phi) is 3.17.